The molecule has 2 saturated carbocycles. The summed E-state index contributed by atoms with van der Waals surface area (Å²) in [6.45, 7) is 9.39. The molecule has 0 spiro atoms. The van der Waals surface area contributed by atoms with E-state index in [-0.39, 0.29) is 12.2 Å². The molecule has 1 unspecified atom stereocenters. The Kier molecular flexibility index (Phi) is 13.2. The monoisotopic (exact) mass is 677 g/mol. The zero-order chi connectivity index (χ0) is 34.1. The summed E-state index contributed by atoms with van der Waals surface area (Å²) in [5.74, 6) is -0.0770. The summed E-state index contributed by atoms with van der Waals surface area (Å²) in [4.78, 5) is 39.3. The third-order valence-electron chi connectivity index (χ3n) is 9.21. The molecule has 0 aliphatic heterocycles. The Labute approximate surface area is 279 Å². The van der Waals surface area contributed by atoms with Gasteiger partial charge in [-0.2, -0.15) is 0 Å². The van der Waals surface area contributed by atoms with Crippen LogP contribution in [0.5, 0.6) is 0 Å². The molecule has 2 aromatic heterocycles. The number of nitrogen functional groups attached to an aromatic ring is 1. The van der Waals surface area contributed by atoms with Gasteiger partial charge < -0.3 is 24.5 Å². The number of aromatic nitrogens is 4. The summed E-state index contributed by atoms with van der Waals surface area (Å²) in [5.41, 5.74) is 4.31. The Morgan fingerprint density at radius 2 is 1.36 bits per heavy atom. The van der Waals surface area contributed by atoms with Crippen molar-refractivity contribution in [2.75, 3.05) is 25.3 Å². The van der Waals surface area contributed by atoms with Crippen LogP contribution in [-0.4, -0.2) is 68.2 Å². The molecule has 47 heavy (non-hydrogen) atoms. The molecule has 2 atom stereocenters. The lowest BCUT2D eigenvalue weighted by Crippen LogP contribution is -2.54. The number of nitrogens with one attached hydrogen (secondary N) is 2. The molecule has 4 rings (SSSR count). The predicted octanol–water partition coefficient (Wildman–Crippen LogP) is 5.73. The zero-order valence-electron chi connectivity index (χ0n) is 29.0. The number of rotatable bonds is 15. The lowest BCUT2D eigenvalue weighted by molar-refractivity contribution is -0.151. The fraction of sp³-hybridized carbons (Fsp3) is 0.788. The van der Waals surface area contributed by atoms with E-state index in [1.54, 1.807) is 38.6 Å². The van der Waals surface area contributed by atoms with Gasteiger partial charge in [0.1, 0.15) is 29.3 Å². The minimum absolute atomic E-state index is 0.279. The largest absolute Gasteiger partial charge is 0.464 e. The average molecular weight is 678 g/mol. The molecule has 0 saturated heterocycles. The van der Waals surface area contributed by atoms with Gasteiger partial charge in [0, 0.05) is 0 Å². The Morgan fingerprint density at radius 1 is 0.872 bits per heavy atom. The van der Waals surface area contributed by atoms with Gasteiger partial charge in [-0.3, -0.25) is 14.2 Å². The molecule has 264 valence electrons. The maximum absolute atomic E-state index is 14.7. The van der Waals surface area contributed by atoms with Gasteiger partial charge in [-0.1, -0.05) is 51.4 Å². The summed E-state index contributed by atoms with van der Waals surface area (Å²) < 4.78 is 34.1. The van der Waals surface area contributed by atoms with Crippen LogP contribution in [0.15, 0.2) is 12.7 Å². The van der Waals surface area contributed by atoms with Crippen LogP contribution < -0.4 is 15.9 Å². The number of fused-ring (bicyclic) bond motifs is 1. The van der Waals surface area contributed by atoms with Crippen molar-refractivity contribution in [3.8, 4) is 0 Å². The predicted molar refractivity (Wildman–Crippen MR) is 181 cm³/mol. The first kappa shape index (κ1) is 37.2. The summed E-state index contributed by atoms with van der Waals surface area (Å²) in [5, 5.41) is 6.05. The maximum atomic E-state index is 14.7. The zero-order valence-corrected chi connectivity index (χ0v) is 29.9. The topological polar surface area (TPSA) is 173 Å². The van der Waals surface area contributed by atoms with Crippen molar-refractivity contribution in [1.82, 2.24) is 29.7 Å². The van der Waals surface area contributed by atoms with Crippen LogP contribution in [-0.2, 0) is 34.9 Å². The van der Waals surface area contributed by atoms with Crippen molar-refractivity contribution in [3.63, 3.8) is 0 Å². The molecule has 13 nitrogen and oxygen atoms in total. The Balaban J connectivity index is 1.44. The molecular formula is C33H56N7O6P. The number of carbonyl (C=O) groups is 2. The molecule has 4 N–H and O–H groups in total. The molecule has 2 aliphatic carbocycles. The molecule has 2 aliphatic rings. The lowest BCUT2D eigenvalue weighted by atomic mass is 9.90. The SMILES string of the molecule is C[C@H](Cn1cnc2c(N)ncnc21)OCP(=O)(NC(C)(C)C(=O)OCC1CCCCCCC1)NC(C)(C)C(=O)OCC1CCCCC1. The molecule has 14 heteroatoms. The summed E-state index contributed by atoms with van der Waals surface area (Å²) in [6.07, 6.45) is 15.8. The van der Waals surface area contributed by atoms with E-state index < -0.39 is 36.6 Å². The second-order valence-electron chi connectivity index (χ2n) is 14.6. The van der Waals surface area contributed by atoms with Crippen LogP contribution in [0.1, 0.15) is 112 Å². The first-order chi connectivity index (χ1) is 22.3. The maximum Gasteiger partial charge on any atom is 0.326 e. The molecule has 0 amide bonds. The molecular weight excluding hydrogens is 621 g/mol. The van der Waals surface area contributed by atoms with Crippen molar-refractivity contribution >= 4 is 36.4 Å². The molecule has 2 heterocycles. The van der Waals surface area contributed by atoms with Gasteiger partial charge in [0.2, 0.25) is 7.44 Å². The third-order valence-corrected chi connectivity index (χ3v) is 11.6. The van der Waals surface area contributed by atoms with Gasteiger partial charge in [-0.25, -0.2) is 25.1 Å². The number of nitrogens with two attached hydrogens (primary N) is 1. The highest BCUT2D eigenvalue weighted by Gasteiger charge is 2.43. The summed E-state index contributed by atoms with van der Waals surface area (Å²) in [6, 6.07) is 0. The Hall–Kier alpha value is -2.60. The fourth-order valence-electron chi connectivity index (χ4n) is 6.49. The van der Waals surface area contributed by atoms with Gasteiger partial charge in [-0.15, -0.1) is 0 Å². The molecule has 0 radical (unpaired) electrons. The normalized spacial score (nSPS) is 19.4. The van der Waals surface area contributed by atoms with Gasteiger partial charge in [0.25, 0.3) is 0 Å². The summed E-state index contributed by atoms with van der Waals surface area (Å²) >= 11 is 0. The van der Waals surface area contributed by atoms with E-state index in [9.17, 15) is 14.2 Å². The quantitative estimate of drug-likeness (QED) is 0.155. The van der Waals surface area contributed by atoms with Crippen LogP contribution in [0.25, 0.3) is 11.2 Å². The highest BCUT2D eigenvalue weighted by molar-refractivity contribution is 7.59. The van der Waals surface area contributed by atoms with Crippen molar-refractivity contribution in [1.29, 1.82) is 0 Å². The first-order valence-corrected chi connectivity index (χ1v) is 19.2. The number of anilines is 1. The molecule has 0 bridgehead atoms. The lowest BCUT2D eigenvalue weighted by Gasteiger charge is -2.36. The Bertz CT molecular complexity index is 1370. The number of ether oxygens (including phenoxy) is 3. The average Bonchev–Trinajstić information content (AvgIpc) is 3.41. The minimum atomic E-state index is -3.79. The number of hydrogen-bond donors (Lipinski definition) is 3. The van der Waals surface area contributed by atoms with Crippen molar-refractivity contribution < 1.29 is 28.4 Å². The highest BCUT2D eigenvalue weighted by Crippen LogP contribution is 2.42. The highest BCUT2D eigenvalue weighted by atomic mass is 31.2. The van der Waals surface area contributed by atoms with Crippen molar-refractivity contribution in [3.05, 3.63) is 12.7 Å². The van der Waals surface area contributed by atoms with Gasteiger partial charge in [0.15, 0.2) is 11.5 Å². The van der Waals surface area contributed by atoms with Gasteiger partial charge in [0.05, 0.1) is 32.2 Å². The second-order valence-corrected chi connectivity index (χ2v) is 16.7. The van der Waals surface area contributed by atoms with Crippen LogP contribution >= 0.6 is 7.44 Å². The number of esters is 2. The molecule has 0 aromatic carbocycles. The van der Waals surface area contributed by atoms with Crippen LogP contribution in [0.4, 0.5) is 5.82 Å². The van der Waals surface area contributed by atoms with E-state index in [2.05, 4.69) is 25.1 Å². The van der Waals surface area contributed by atoms with E-state index in [0.29, 0.717) is 42.8 Å². The van der Waals surface area contributed by atoms with Gasteiger partial charge >= 0.3 is 11.9 Å². The van der Waals surface area contributed by atoms with E-state index in [4.69, 9.17) is 19.9 Å². The molecule has 2 fully saturated rings. The Morgan fingerprint density at radius 3 is 1.89 bits per heavy atom. The van der Waals surface area contributed by atoms with Crippen LogP contribution in [0, 0.1) is 11.8 Å². The number of hydrogen-bond acceptors (Lipinski definition) is 10. The second kappa shape index (κ2) is 16.7. The van der Waals surface area contributed by atoms with E-state index in [1.165, 1.54) is 32.0 Å². The van der Waals surface area contributed by atoms with E-state index in [0.717, 1.165) is 51.4 Å². The van der Waals surface area contributed by atoms with Crippen LogP contribution in [0.3, 0.4) is 0 Å². The first-order valence-electron chi connectivity index (χ1n) is 17.3. The van der Waals surface area contributed by atoms with Crippen LogP contribution in [0.2, 0.25) is 0 Å². The number of carbonyl (C=O) groups excluding carboxylic acids is 2. The number of nitrogens with zero attached hydrogens (tertiary/aromatic N) is 4. The van der Waals surface area contributed by atoms with E-state index in [1.807, 2.05) is 6.92 Å². The minimum Gasteiger partial charge on any atom is -0.464 e. The van der Waals surface area contributed by atoms with E-state index >= 15 is 0 Å². The van der Waals surface area contributed by atoms with Crippen molar-refractivity contribution in [2.24, 2.45) is 11.8 Å². The standard InChI is InChI=1S/C33H56N7O6P/c1-24(18-40-22-37-27-28(34)35-21-36-29(27)40)46-23-47(43,39-33(4,5)31(42)45-20-26-16-12-9-13-17-26)38-32(2,3)30(41)44-19-25-14-10-7-6-8-11-15-25/h21-22,24-26H,6-20,23H2,1-5H3,(H2,34,35,36)(H2,38,39,43)/t24-,47?/m1/s1. The third kappa shape index (κ3) is 11.0. The molecule has 2 aromatic rings. The smallest absolute Gasteiger partial charge is 0.326 e. The van der Waals surface area contributed by atoms with Gasteiger partial charge in [-0.05, 0) is 72.1 Å². The van der Waals surface area contributed by atoms with Crippen molar-refractivity contribution in [2.45, 2.75) is 135 Å². The number of imidazole rings is 1. The summed E-state index contributed by atoms with van der Waals surface area (Å²) in [7, 11) is -3.79. The fourth-order valence-corrected chi connectivity index (χ4v) is 9.13.